The van der Waals surface area contributed by atoms with Crippen LogP contribution in [0.15, 0.2) is 30.3 Å². The van der Waals surface area contributed by atoms with Gasteiger partial charge in [0.2, 0.25) is 0 Å². The van der Waals surface area contributed by atoms with E-state index in [-0.39, 0.29) is 24.4 Å². The second kappa shape index (κ2) is 8.18. The van der Waals surface area contributed by atoms with E-state index in [0.717, 1.165) is 10.4 Å². The summed E-state index contributed by atoms with van der Waals surface area (Å²) in [6.07, 6.45) is 0. The highest BCUT2D eigenvalue weighted by molar-refractivity contribution is 7.17. The number of nitrogens with zero attached hydrogens (tertiary/aromatic N) is 1. The molecule has 1 aromatic carbocycles. The minimum Gasteiger partial charge on any atom is -0.337 e. The molecule has 0 radical (unpaired) electrons. The first-order valence-electron chi connectivity index (χ1n) is 6.46. The summed E-state index contributed by atoms with van der Waals surface area (Å²) in [6.45, 7) is 2.36. The van der Waals surface area contributed by atoms with Crippen molar-refractivity contribution in [2.45, 2.75) is 13.0 Å². The van der Waals surface area contributed by atoms with E-state index in [1.54, 1.807) is 24.1 Å². The molecule has 0 bridgehead atoms. The van der Waals surface area contributed by atoms with Gasteiger partial charge in [0.05, 0.1) is 14.9 Å². The van der Waals surface area contributed by atoms with Crippen molar-refractivity contribution in [3.05, 3.63) is 45.3 Å². The molecule has 0 saturated carbocycles. The Kier molecular flexibility index (Phi) is 7.16. The quantitative estimate of drug-likeness (QED) is 0.846. The van der Waals surface area contributed by atoms with Crippen LogP contribution in [0.3, 0.4) is 0 Å². The molecular weight excluding hydrogens is 363 g/mol. The van der Waals surface area contributed by atoms with Crippen molar-refractivity contribution in [1.82, 2.24) is 4.90 Å². The minimum atomic E-state index is -0.0238. The summed E-state index contributed by atoms with van der Waals surface area (Å²) in [6, 6.07) is 9.19. The Hall–Kier alpha value is -0.780. The van der Waals surface area contributed by atoms with Crippen LogP contribution in [0.1, 0.15) is 16.6 Å². The second-order valence-electron chi connectivity index (χ2n) is 4.79. The van der Waals surface area contributed by atoms with Gasteiger partial charge in [-0.25, -0.2) is 0 Å². The Balaban J connectivity index is 0.00000242. The summed E-state index contributed by atoms with van der Waals surface area (Å²) in [5, 5.41) is 1.02. The van der Waals surface area contributed by atoms with E-state index in [1.165, 1.54) is 11.3 Å². The van der Waals surface area contributed by atoms with Crippen molar-refractivity contribution in [3.8, 4) is 10.4 Å². The van der Waals surface area contributed by atoms with E-state index in [9.17, 15) is 4.79 Å². The summed E-state index contributed by atoms with van der Waals surface area (Å²) in [4.78, 5) is 15.7. The zero-order valence-corrected chi connectivity index (χ0v) is 15.3. The van der Waals surface area contributed by atoms with Gasteiger partial charge in [0.1, 0.15) is 0 Å². The summed E-state index contributed by atoms with van der Waals surface area (Å²) in [7, 11) is 1.76. The first-order chi connectivity index (χ1) is 9.93. The number of nitrogens with two attached hydrogens (primary N) is 1. The molecule has 3 nitrogen and oxygen atoms in total. The zero-order chi connectivity index (χ0) is 15.6. The lowest BCUT2D eigenvalue weighted by Gasteiger charge is -2.22. The lowest BCUT2D eigenvalue weighted by molar-refractivity contribution is 0.0753. The molecule has 7 heteroatoms. The van der Waals surface area contributed by atoms with E-state index in [0.29, 0.717) is 21.5 Å². The van der Waals surface area contributed by atoms with E-state index in [2.05, 4.69) is 0 Å². The lowest BCUT2D eigenvalue weighted by Crippen LogP contribution is -2.39. The van der Waals surface area contributed by atoms with Crippen LogP contribution < -0.4 is 5.73 Å². The normalized spacial score (nSPS) is 11.7. The number of benzene rings is 1. The van der Waals surface area contributed by atoms with Crippen LogP contribution in [0.4, 0.5) is 0 Å². The number of carbonyl (C=O) groups excluding carboxylic acids is 1. The predicted octanol–water partition coefficient (Wildman–Crippen LogP) is 4.56. The molecule has 2 aromatic rings. The fourth-order valence-corrected chi connectivity index (χ4v) is 3.07. The largest absolute Gasteiger partial charge is 0.337 e. The van der Waals surface area contributed by atoms with Gasteiger partial charge in [-0.1, -0.05) is 29.3 Å². The van der Waals surface area contributed by atoms with Crippen molar-refractivity contribution in [1.29, 1.82) is 0 Å². The number of thiophene rings is 1. The smallest absolute Gasteiger partial charge is 0.263 e. The van der Waals surface area contributed by atoms with Gasteiger partial charge in [0.15, 0.2) is 0 Å². The van der Waals surface area contributed by atoms with E-state index in [4.69, 9.17) is 28.9 Å². The molecular formula is C15H17Cl3N2OS. The molecule has 1 aromatic heterocycles. The van der Waals surface area contributed by atoms with Crippen molar-refractivity contribution in [3.63, 3.8) is 0 Å². The number of amides is 1. The number of likely N-dealkylation sites (N-methyl/N-ethyl adjacent to an activating group) is 1. The van der Waals surface area contributed by atoms with Crippen LogP contribution in [0.25, 0.3) is 10.4 Å². The molecule has 0 aliphatic heterocycles. The Bertz CT molecular complexity index is 660. The number of hydrogen-bond donors (Lipinski definition) is 1. The SMILES string of the molecule is CC(CN)N(C)C(=O)c1ccc(-c2ccc(Cl)c(Cl)c2)s1.Cl. The summed E-state index contributed by atoms with van der Waals surface area (Å²) in [5.41, 5.74) is 6.55. The third-order valence-electron chi connectivity index (χ3n) is 3.34. The highest BCUT2D eigenvalue weighted by Gasteiger charge is 2.18. The highest BCUT2D eigenvalue weighted by Crippen LogP contribution is 2.33. The fourth-order valence-electron chi connectivity index (χ4n) is 1.79. The van der Waals surface area contributed by atoms with E-state index < -0.39 is 0 Å². The number of rotatable bonds is 4. The first-order valence-corrected chi connectivity index (χ1v) is 8.03. The van der Waals surface area contributed by atoms with Gasteiger partial charge in [0, 0.05) is 24.5 Å². The Morgan fingerprint density at radius 1 is 1.27 bits per heavy atom. The third kappa shape index (κ3) is 4.15. The van der Waals surface area contributed by atoms with Gasteiger partial charge < -0.3 is 10.6 Å². The van der Waals surface area contributed by atoms with Crippen LogP contribution in [-0.4, -0.2) is 30.4 Å². The predicted molar refractivity (Wildman–Crippen MR) is 97.6 cm³/mol. The van der Waals surface area contributed by atoms with Gasteiger partial charge in [-0.2, -0.15) is 0 Å². The number of carbonyl (C=O) groups is 1. The van der Waals surface area contributed by atoms with Gasteiger partial charge >= 0.3 is 0 Å². The molecule has 1 atom stereocenters. The van der Waals surface area contributed by atoms with Crippen LogP contribution in [-0.2, 0) is 0 Å². The fraction of sp³-hybridized carbons (Fsp3) is 0.267. The molecule has 1 heterocycles. The summed E-state index contributed by atoms with van der Waals surface area (Å²) in [5.74, 6) is -0.0238. The van der Waals surface area contributed by atoms with Gasteiger partial charge in [-0.05, 0) is 36.8 Å². The Morgan fingerprint density at radius 2 is 1.95 bits per heavy atom. The molecule has 0 aliphatic rings. The molecule has 1 unspecified atom stereocenters. The van der Waals surface area contributed by atoms with E-state index in [1.807, 2.05) is 25.1 Å². The minimum absolute atomic E-state index is 0. The molecule has 22 heavy (non-hydrogen) atoms. The van der Waals surface area contributed by atoms with Crippen LogP contribution >= 0.6 is 46.9 Å². The van der Waals surface area contributed by atoms with Crippen LogP contribution in [0.2, 0.25) is 10.0 Å². The maximum atomic E-state index is 12.3. The van der Waals surface area contributed by atoms with Crippen LogP contribution in [0.5, 0.6) is 0 Å². The zero-order valence-electron chi connectivity index (χ0n) is 12.2. The monoisotopic (exact) mass is 378 g/mol. The molecule has 120 valence electrons. The highest BCUT2D eigenvalue weighted by atomic mass is 35.5. The molecule has 0 aliphatic carbocycles. The molecule has 0 fully saturated rings. The first kappa shape index (κ1) is 19.3. The summed E-state index contributed by atoms with van der Waals surface area (Å²) >= 11 is 13.4. The van der Waals surface area contributed by atoms with Crippen LogP contribution in [0, 0.1) is 0 Å². The standard InChI is InChI=1S/C15H16Cl2N2OS.ClH/c1-9(8-18)19(2)15(20)14-6-5-13(21-14)10-3-4-11(16)12(17)7-10;/h3-7,9H,8,18H2,1-2H3;1H. The maximum absolute atomic E-state index is 12.3. The topological polar surface area (TPSA) is 46.3 Å². The molecule has 1 amide bonds. The maximum Gasteiger partial charge on any atom is 0.263 e. The molecule has 2 N–H and O–H groups in total. The van der Waals surface area contributed by atoms with Gasteiger partial charge in [-0.15, -0.1) is 23.7 Å². The second-order valence-corrected chi connectivity index (χ2v) is 6.69. The molecule has 0 saturated heterocycles. The Morgan fingerprint density at radius 3 is 2.55 bits per heavy atom. The molecule has 0 spiro atoms. The van der Waals surface area contributed by atoms with Crippen molar-refractivity contribution in [2.75, 3.05) is 13.6 Å². The summed E-state index contributed by atoms with van der Waals surface area (Å²) < 4.78 is 0. The van der Waals surface area contributed by atoms with Crippen molar-refractivity contribution >= 4 is 52.9 Å². The number of hydrogen-bond acceptors (Lipinski definition) is 3. The third-order valence-corrected chi connectivity index (χ3v) is 5.20. The van der Waals surface area contributed by atoms with Gasteiger partial charge in [0.25, 0.3) is 5.91 Å². The average Bonchev–Trinajstić information content (AvgIpc) is 2.97. The number of halogens is 3. The van der Waals surface area contributed by atoms with Crippen molar-refractivity contribution in [2.24, 2.45) is 5.73 Å². The van der Waals surface area contributed by atoms with Gasteiger partial charge in [-0.3, -0.25) is 4.79 Å². The van der Waals surface area contributed by atoms with Crippen molar-refractivity contribution < 1.29 is 4.79 Å². The Labute approximate surface area is 150 Å². The van der Waals surface area contributed by atoms with E-state index >= 15 is 0 Å². The lowest BCUT2D eigenvalue weighted by atomic mass is 10.2. The molecule has 2 rings (SSSR count). The average molecular weight is 380 g/mol.